The molecule has 1 aromatic carbocycles. The van der Waals surface area contributed by atoms with Gasteiger partial charge >= 0.3 is 0 Å². The van der Waals surface area contributed by atoms with E-state index in [1.54, 1.807) is 0 Å². The van der Waals surface area contributed by atoms with Crippen molar-refractivity contribution in [3.05, 3.63) is 23.8 Å². The van der Waals surface area contributed by atoms with Gasteiger partial charge in [0, 0.05) is 12.0 Å². The van der Waals surface area contributed by atoms with Crippen LogP contribution in [0.2, 0.25) is 0 Å². The van der Waals surface area contributed by atoms with Crippen LogP contribution in [0, 0.1) is 0 Å². The number of hydrogen-bond acceptors (Lipinski definition) is 3. The largest absolute Gasteiger partial charge is 0.454 e. The van der Waals surface area contributed by atoms with Crippen LogP contribution >= 0.6 is 11.8 Å². The van der Waals surface area contributed by atoms with Crippen LogP contribution in [0.1, 0.15) is 17.9 Å². The smallest absolute Gasteiger partial charge is 0.231 e. The van der Waals surface area contributed by atoms with Gasteiger partial charge in [0.2, 0.25) is 6.79 Å². The monoisotopic (exact) mass is 211 g/mol. The van der Waals surface area contributed by atoms with E-state index >= 15 is 0 Å². The van der Waals surface area contributed by atoms with E-state index in [2.05, 4.69) is 10.9 Å². The Bertz CT molecular complexity index is 369. The highest BCUT2D eigenvalue weighted by molar-refractivity contribution is 6.13. The normalized spacial score (nSPS) is 27.8. The summed E-state index contributed by atoms with van der Waals surface area (Å²) in [5.74, 6) is 2.22. The molecular formula is C10H10ClNO2. The molecule has 0 amide bonds. The molecule has 0 radical (unpaired) electrons. The summed E-state index contributed by atoms with van der Waals surface area (Å²) < 4.78 is 10.6. The molecule has 0 bridgehead atoms. The summed E-state index contributed by atoms with van der Waals surface area (Å²) in [6, 6.07) is 6.49. The summed E-state index contributed by atoms with van der Waals surface area (Å²) >= 11 is 5.55. The highest BCUT2D eigenvalue weighted by atomic mass is 35.5. The van der Waals surface area contributed by atoms with Crippen LogP contribution in [-0.4, -0.2) is 12.8 Å². The first-order valence-corrected chi connectivity index (χ1v) is 5.02. The topological polar surface area (TPSA) is 30.5 Å². The Morgan fingerprint density at radius 2 is 2.14 bits per heavy atom. The number of hydrogen-bond donors (Lipinski definition) is 1. The lowest BCUT2D eigenvalue weighted by Gasteiger charge is -2.01. The average molecular weight is 212 g/mol. The first-order valence-electron chi connectivity index (χ1n) is 4.64. The van der Waals surface area contributed by atoms with Crippen molar-refractivity contribution in [2.45, 2.75) is 18.4 Å². The van der Waals surface area contributed by atoms with Crippen molar-refractivity contribution in [3.8, 4) is 11.5 Å². The highest BCUT2D eigenvalue weighted by Crippen LogP contribution is 2.44. The molecule has 1 saturated carbocycles. The molecule has 1 aromatic rings. The Labute approximate surface area is 87.1 Å². The van der Waals surface area contributed by atoms with Gasteiger partial charge in [-0.2, -0.15) is 0 Å². The van der Waals surface area contributed by atoms with Crippen LogP contribution in [0.15, 0.2) is 18.2 Å². The zero-order valence-corrected chi connectivity index (χ0v) is 8.25. The fourth-order valence-electron chi connectivity index (χ4n) is 1.83. The molecule has 3 rings (SSSR count). The molecule has 0 spiro atoms. The van der Waals surface area contributed by atoms with Crippen LogP contribution in [0.4, 0.5) is 0 Å². The van der Waals surface area contributed by atoms with E-state index in [-0.39, 0.29) is 0 Å². The lowest BCUT2D eigenvalue weighted by atomic mass is 10.1. The molecule has 1 heterocycles. The Hall–Kier alpha value is -0.930. The predicted octanol–water partition coefficient (Wildman–Crippen LogP) is 2.01. The van der Waals surface area contributed by atoms with Crippen LogP contribution in [0.25, 0.3) is 0 Å². The minimum Gasteiger partial charge on any atom is -0.454 e. The summed E-state index contributed by atoms with van der Waals surface area (Å²) in [4.78, 5) is 2.76. The van der Waals surface area contributed by atoms with Crippen LogP contribution < -0.4 is 14.3 Å². The zero-order chi connectivity index (χ0) is 9.54. The van der Waals surface area contributed by atoms with Gasteiger partial charge in [0.15, 0.2) is 11.5 Å². The molecule has 4 heteroatoms. The zero-order valence-electron chi connectivity index (χ0n) is 7.50. The number of ether oxygens (including phenoxy) is 2. The van der Waals surface area contributed by atoms with Gasteiger partial charge in [-0.05, 0) is 35.9 Å². The average Bonchev–Trinajstić information content (AvgIpc) is 2.87. The van der Waals surface area contributed by atoms with Crippen molar-refractivity contribution >= 4 is 11.8 Å². The molecule has 1 aliphatic heterocycles. The summed E-state index contributed by atoms with van der Waals surface area (Å²) in [6.07, 6.45) is 1.10. The van der Waals surface area contributed by atoms with Crippen molar-refractivity contribution < 1.29 is 9.47 Å². The Morgan fingerprint density at radius 3 is 2.93 bits per heavy atom. The summed E-state index contributed by atoms with van der Waals surface area (Å²) in [6.45, 7) is 0.334. The highest BCUT2D eigenvalue weighted by Gasteiger charge is 2.38. The second-order valence-electron chi connectivity index (χ2n) is 3.67. The van der Waals surface area contributed by atoms with Gasteiger partial charge in [-0.25, -0.2) is 4.84 Å². The summed E-state index contributed by atoms with van der Waals surface area (Å²) in [5, 5.41) is 0. The van der Waals surface area contributed by atoms with E-state index < -0.39 is 0 Å². The van der Waals surface area contributed by atoms with Gasteiger partial charge in [-0.1, -0.05) is 6.07 Å². The van der Waals surface area contributed by atoms with Gasteiger partial charge in [-0.3, -0.25) is 0 Å². The summed E-state index contributed by atoms with van der Waals surface area (Å²) in [7, 11) is 0. The first-order chi connectivity index (χ1) is 6.88. The maximum absolute atomic E-state index is 5.55. The van der Waals surface area contributed by atoms with Crippen molar-refractivity contribution in [3.63, 3.8) is 0 Å². The number of rotatable bonds is 2. The maximum atomic E-state index is 5.55. The molecule has 14 heavy (non-hydrogen) atoms. The first kappa shape index (κ1) is 8.38. The van der Waals surface area contributed by atoms with Crippen molar-refractivity contribution in [2.75, 3.05) is 6.79 Å². The molecular weight excluding hydrogens is 202 g/mol. The standard InChI is InChI=1S/C10H10ClNO2/c11-12-8-4-7(8)6-1-2-9-10(3-6)14-5-13-9/h1-3,7-8,12H,4-5H2. The van der Waals surface area contributed by atoms with Crippen molar-refractivity contribution in [1.29, 1.82) is 0 Å². The number of fused-ring (bicyclic) bond motifs is 1. The Morgan fingerprint density at radius 1 is 1.29 bits per heavy atom. The van der Waals surface area contributed by atoms with Crippen LogP contribution in [0.5, 0.6) is 11.5 Å². The SMILES string of the molecule is ClNC1CC1c1ccc2c(c1)OCO2. The van der Waals surface area contributed by atoms with E-state index in [4.69, 9.17) is 21.3 Å². The van der Waals surface area contributed by atoms with Gasteiger partial charge in [-0.15, -0.1) is 0 Å². The molecule has 1 aliphatic carbocycles. The lowest BCUT2D eigenvalue weighted by molar-refractivity contribution is 0.174. The summed E-state index contributed by atoms with van der Waals surface area (Å²) in [5.41, 5.74) is 1.27. The van der Waals surface area contributed by atoms with Crippen LogP contribution in [-0.2, 0) is 0 Å². The molecule has 1 N–H and O–H groups in total. The molecule has 0 saturated heterocycles. The fraction of sp³-hybridized carbons (Fsp3) is 0.400. The third kappa shape index (κ3) is 1.24. The van der Waals surface area contributed by atoms with Crippen LogP contribution in [0.3, 0.4) is 0 Å². The van der Waals surface area contributed by atoms with Crippen molar-refractivity contribution in [1.82, 2.24) is 4.84 Å². The fourth-order valence-corrected chi connectivity index (χ4v) is 2.07. The maximum Gasteiger partial charge on any atom is 0.231 e. The lowest BCUT2D eigenvalue weighted by Crippen LogP contribution is -2.02. The molecule has 74 valence electrons. The number of nitrogens with one attached hydrogen (secondary N) is 1. The molecule has 1 fully saturated rings. The second kappa shape index (κ2) is 3.04. The number of halogens is 1. The quantitative estimate of drug-likeness (QED) is 0.760. The van der Waals surface area contributed by atoms with E-state index in [1.807, 2.05) is 12.1 Å². The predicted molar refractivity (Wildman–Crippen MR) is 52.7 cm³/mol. The van der Waals surface area contributed by atoms with E-state index in [1.165, 1.54) is 5.56 Å². The third-order valence-corrected chi connectivity index (χ3v) is 3.04. The molecule has 2 aliphatic rings. The van der Waals surface area contributed by atoms with Gasteiger partial charge in [0.05, 0.1) is 0 Å². The van der Waals surface area contributed by atoms with E-state index in [9.17, 15) is 0 Å². The minimum absolute atomic E-state index is 0.334. The van der Waals surface area contributed by atoms with Gasteiger partial charge in [0.25, 0.3) is 0 Å². The third-order valence-electron chi connectivity index (χ3n) is 2.76. The van der Waals surface area contributed by atoms with E-state index in [0.717, 1.165) is 17.9 Å². The minimum atomic E-state index is 0.334. The van der Waals surface area contributed by atoms with Gasteiger partial charge in [0.1, 0.15) is 0 Å². The number of benzene rings is 1. The Balaban J connectivity index is 1.87. The van der Waals surface area contributed by atoms with E-state index in [0.29, 0.717) is 18.8 Å². The molecule has 2 atom stereocenters. The van der Waals surface area contributed by atoms with Crippen molar-refractivity contribution in [2.24, 2.45) is 0 Å². The molecule has 3 nitrogen and oxygen atoms in total. The Kier molecular flexibility index (Phi) is 1.82. The molecule has 0 aromatic heterocycles. The van der Waals surface area contributed by atoms with Gasteiger partial charge < -0.3 is 9.47 Å². The molecule has 2 unspecified atom stereocenters. The second-order valence-corrected chi connectivity index (χ2v) is 3.89.